The van der Waals surface area contributed by atoms with Gasteiger partial charge in [0.15, 0.2) is 23.0 Å². The van der Waals surface area contributed by atoms with E-state index in [1.165, 1.54) is 18.2 Å². The van der Waals surface area contributed by atoms with Gasteiger partial charge in [-0.3, -0.25) is 9.59 Å². The van der Waals surface area contributed by atoms with Crippen LogP contribution < -0.4 is 20.5 Å². The lowest BCUT2D eigenvalue weighted by atomic mass is 10.2. The molecule has 3 fully saturated rings. The van der Waals surface area contributed by atoms with Crippen LogP contribution in [0.5, 0.6) is 11.5 Å². The summed E-state index contributed by atoms with van der Waals surface area (Å²) in [5, 5.41) is 2.94. The second-order valence-corrected chi connectivity index (χ2v) is 9.83. The molecule has 2 aromatic rings. The van der Waals surface area contributed by atoms with E-state index in [2.05, 4.69) is 15.0 Å². The SMILES string of the molecule is C[C@H](N)c1oc(-c2ccc(OC(F)F)c(OCC3CC3)c2)nc1C(=O)N[C@@H]1CCN(C(=O)C2CC2)C1. The molecule has 2 aliphatic carbocycles. The summed E-state index contributed by atoms with van der Waals surface area (Å²) in [6, 6.07) is 3.59. The Morgan fingerprint density at radius 2 is 2.00 bits per heavy atom. The number of hydrogen-bond donors (Lipinski definition) is 2. The lowest BCUT2D eigenvalue weighted by molar-refractivity contribution is -0.131. The Hall–Kier alpha value is -3.21. The molecular formula is C25H30F2N4O5. The van der Waals surface area contributed by atoms with Gasteiger partial charge in [-0.1, -0.05) is 0 Å². The molecule has 3 aliphatic rings. The summed E-state index contributed by atoms with van der Waals surface area (Å²) >= 11 is 0. The zero-order valence-electron chi connectivity index (χ0n) is 20.0. The molecule has 2 atom stereocenters. The summed E-state index contributed by atoms with van der Waals surface area (Å²) in [5.41, 5.74) is 6.55. The number of benzene rings is 1. The molecule has 2 saturated carbocycles. The highest BCUT2D eigenvalue weighted by molar-refractivity contribution is 5.94. The molecule has 0 bridgehead atoms. The molecule has 1 aliphatic heterocycles. The number of nitrogens with one attached hydrogen (secondary N) is 1. The Balaban J connectivity index is 1.33. The first-order valence-corrected chi connectivity index (χ1v) is 12.4. The van der Waals surface area contributed by atoms with Crippen molar-refractivity contribution in [2.75, 3.05) is 19.7 Å². The zero-order valence-corrected chi connectivity index (χ0v) is 20.0. The monoisotopic (exact) mass is 504 g/mol. The molecule has 0 radical (unpaired) electrons. The molecular weight excluding hydrogens is 474 g/mol. The van der Waals surface area contributed by atoms with Crippen LogP contribution in [-0.2, 0) is 4.79 Å². The first kappa shape index (κ1) is 24.5. The van der Waals surface area contributed by atoms with Crippen LogP contribution in [0.15, 0.2) is 22.6 Å². The molecule has 36 heavy (non-hydrogen) atoms. The van der Waals surface area contributed by atoms with Crippen LogP contribution in [0, 0.1) is 11.8 Å². The normalized spacial score (nSPS) is 20.5. The third-order valence-electron chi connectivity index (χ3n) is 6.62. The highest BCUT2D eigenvalue weighted by atomic mass is 19.3. The summed E-state index contributed by atoms with van der Waals surface area (Å²) in [7, 11) is 0. The molecule has 0 spiro atoms. The van der Waals surface area contributed by atoms with Crippen molar-refractivity contribution in [3.8, 4) is 23.0 Å². The maximum atomic E-state index is 13.1. The number of nitrogens with two attached hydrogens (primary N) is 1. The number of aromatic nitrogens is 1. The number of carbonyl (C=O) groups is 2. The van der Waals surface area contributed by atoms with E-state index in [0.717, 1.165) is 25.7 Å². The summed E-state index contributed by atoms with van der Waals surface area (Å²) in [5.74, 6) is 0.648. The predicted octanol–water partition coefficient (Wildman–Crippen LogP) is 3.49. The molecule has 194 valence electrons. The second-order valence-electron chi connectivity index (χ2n) is 9.83. The van der Waals surface area contributed by atoms with Crippen LogP contribution >= 0.6 is 0 Å². The largest absolute Gasteiger partial charge is 0.489 e. The van der Waals surface area contributed by atoms with E-state index in [9.17, 15) is 18.4 Å². The number of rotatable bonds is 10. The van der Waals surface area contributed by atoms with Gasteiger partial charge in [-0.05, 0) is 63.1 Å². The van der Waals surface area contributed by atoms with Gasteiger partial charge in [0.2, 0.25) is 11.8 Å². The molecule has 2 amide bonds. The number of nitrogens with zero attached hydrogens (tertiary/aromatic N) is 2. The summed E-state index contributed by atoms with van der Waals surface area (Å²) in [6.45, 7) is 0.158. The van der Waals surface area contributed by atoms with Crippen molar-refractivity contribution >= 4 is 11.8 Å². The fourth-order valence-electron chi connectivity index (χ4n) is 4.29. The Morgan fingerprint density at radius 1 is 1.22 bits per heavy atom. The summed E-state index contributed by atoms with van der Waals surface area (Å²) < 4.78 is 41.9. The Kier molecular flexibility index (Phi) is 6.83. The van der Waals surface area contributed by atoms with Gasteiger partial charge in [-0.2, -0.15) is 8.78 Å². The van der Waals surface area contributed by atoms with Crippen LogP contribution in [0.4, 0.5) is 8.78 Å². The van der Waals surface area contributed by atoms with E-state index >= 15 is 0 Å². The van der Waals surface area contributed by atoms with E-state index in [0.29, 0.717) is 37.6 Å². The molecule has 9 nitrogen and oxygen atoms in total. The molecule has 1 aromatic heterocycles. The van der Waals surface area contributed by atoms with Gasteiger partial charge in [0.05, 0.1) is 12.6 Å². The van der Waals surface area contributed by atoms with Crippen molar-refractivity contribution in [3.63, 3.8) is 0 Å². The van der Waals surface area contributed by atoms with Gasteiger partial charge in [-0.25, -0.2) is 4.98 Å². The number of halogens is 2. The number of likely N-dealkylation sites (tertiary alicyclic amines) is 1. The van der Waals surface area contributed by atoms with Crippen molar-refractivity contribution in [1.82, 2.24) is 15.2 Å². The third-order valence-corrected chi connectivity index (χ3v) is 6.62. The van der Waals surface area contributed by atoms with Crippen LogP contribution in [0.2, 0.25) is 0 Å². The number of ether oxygens (including phenoxy) is 2. The number of amides is 2. The average Bonchev–Trinajstić information content (AvgIpc) is 3.76. The molecule has 0 unspecified atom stereocenters. The predicted molar refractivity (Wildman–Crippen MR) is 125 cm³/mol. The molecule has 5 rings (SSSR count). The minimum atomic E-state index is -2.99. The van der Waals surface area contributed by atoms with Gasteiger partial charge < -0.3 is 29.8 Å². The molecule has 11 heteroatoms. The summed E-state index contributed by atoms with van der Waals surface area (Å²) in [6.07, 6.45) is 4.61. The van der Waals surface area contributed by atoms with Crippen molar-refractivity contribution in [2.24, 2.45) is 17.6 Å². The first-order chi connectivity index (χ1) is 17.3. The maximum absolute atomic E-state index is 13.1. The Morgan fingerprint density at radius 3 is 2.67 bits per heavy atom. The van der Waals surface area contributed by atoms with Gasteiger partial charge >= 0.3 is 6.61 Å². The van der Waals surface area contributed by atoms with Gasteiger partial charge in [0.25, 0.3) is 5.91 Å². The second kappa shape index (κ2) is 10.0. The van der Waals surface area contributed by atoms with E-state index in [1.807, 2.05) is 0 Å². The number of oxazole rings is 1. The van der Waals surface area contributed by atoms with E-state index < -0.39 is 18.6 Å². The lowest BCUT2D eigenvalue weighted by Crippen LogP contribution is -2.39. The highest BCUT2D eigenvalue weighted by Gasteiger charge is 2.37. The van der Waals surface area contributed by atoms with Crippen LogP contribution in [0.25, 0.3) is 11.5 Å². The molecule has 2 heterocycles. The fraction of sp³-hybridized carbons (Fsp3) is 0.560. The summed E-state index contributed by atoms with van der Waals surface area (Å²) in [4.78, 5) is 31.6. The lowest BCUT2D eigenvalue weighted by Gasteiger charge is -2.16. The van der Waals surface area contributed by atoms with E-state index in [1.54, 1.807) is 11.8 Å². The average molecular weight is 505 g/mol. The Labute approximate surface area is 207 Å². The third kappa shape index (κ3) is 5.61. The van der Waals surface area contributed by atoms with E-state index in [-0.39, 0.29) is 46.7 Å². The quantitative estimate of drug-likeness (QED) is 0.508. The first-order valence-electron chi connectivity index (χ1n) is 12.4. The zero-order chi connectivity index (χ0) is 25.4. The smallest absolute Gasteiger partial charge is 0.387 e. The van der Waals surface area contributed by atoms with Crippen LogP contribution in [0.3, 0.4) is 0 Å². The van der Waals surface area contributed by atoms with Crippen molar-refractivity contribution in [2.45, 2.75) is 57.7 Å². The van der Waals surface area contributed by atoms with Crippen molar-refractivity contribution in [1.29, 1.82) is 0 Å². The number of carbonyl (C=O) groups excluding carboxylic acids is 2. The molecule has 1 aromatic carbocycles. The van der Waals surface area contributed by atoms with Crippen LogP contribution in [-0.4, -0.2) is 54.0 Å². The fourth-order valence-corrected chi connectivity index (χ4v) is 4.29. The standard InChI is InChI=1S/C25H30F2N4O5/c1-13(28)21-20(22(32)29-17-8-9-31(11-17)24(33)15-4-5-15)30-23(36-21)16-6-7-18(35-25(26)27)19(10-16)34-12-14-2-3-14/h6-7,10,13-15,17,25H,2-5,8-9,11-12,28H2,1H3,(H,29,32)/t13-,17+/m0/s1. The maximum Gasteiger partial charge on any atom is 0.387 e. The minimum Gasteiger partial charge on any atom is -0.489 e. The van der Waals surface area contributed by atoms with Gasteiger partial charge in [0.1, 0.15) is 0 Å². The van der Waals surface area contributed by atoms with E-state index in [4.69, 9.17) is 14.9 Å². The topological polar surface area (TPSA) is 120 Å². The molecule has 1 saturated heterocycles. The van der Waals surface area contributed by atoms with Gasteiger partial charge in [0, 0.05) is 30.6 Å². The van der Waals surface area contributed by atoms with Gasteiger partial charge in [-0.15, -0.1) is 0 Å². The molecule has 3 N–H and O–H groups in total. The van der Waals surface area contributed by atoms with Crippen LogP contribution in [0.1, 0.15) is 61.3 Å². The number of alkyl halides is 2. The number of hydrogen-bond acceptors (Lipinski definition) is 7. The minimum absolute atomic E-state index is 0.0559. The van der Waals surface area contributed by atoms with Crippen molar-refractivity contribution in [3.05, 3.63) is 29.7 Å². The highest BCUT2D eigenvalue weighted by Crippen LogP contribution is 2.37. The Bertz CT molecular complexity index is 1130. The van der Waals surface area contributed by atoms with Crippen molar-refractivity contribution < 1.29 is 32.3 Å².